The van der Waals surface area contributed by atoms with Crippen molar-refractivity contribution in [1.82, 2.24) is 10.6 Å². The monoisotopic (exact) mass is 574 g/mol. The molecular weight excluding hydrogens is 551 g/mol. The molecule has 1 amide bonds. The Morgan fingerprint density at radius 1 is 1.19 bits per heavy atom. The van der Waals surface area contributed by atoms with Gasteiger partial charge in [0.1, 0.15) is 6.10 Å². The van der Waals surface area contributed by atoms with Crippen molar-refractivity contribution in [3.8, 4) is 0 Å². The lowest BCUT2D eigenvalue weighted by atomic mass is 10.2. The van der Waals surface area contributed by atoms with E-state index in [9.17, 15) is 9.90 Å². The van der Waals surface area contributed by atoms with Gasteiger partial charge < -0.3 is 25.5 Å². The van der Waals surface area contributed by atoms with Gasteiger partial charge in [-0.3, -0.25) is 4.79 Å². The number of aliphatic hydroxyl groups is 1. The Morgan fingerprint density at radius 2 is 1.97 bits per heavy atom. The van der Waals surface area contributed by atoms with E-state index < -0.39 is 6.10 Å². The van der Waals surface area contributed by atoms with Gasteiger partial charge in [0.2, 0.25) is 0 Å². The van der Waals surface area contributed by atoms with Crippen molar-refractivity contribution in [3.05, 3.63) is 75.3 Å². The van der Waals surface area contributed by atoms with Crippen molar-refractivity contribution in [2.24, 2.45) is 4.99 Å². The van der Waals surface area contributed by atoms with Crippen LogP contribution in [0.3, 0.4) is 0 Å². The number of carbonyl (C=O) groups is 1. The Balaban J connectivity index is 0.00000341. The van der Waals surface area contributed by atoms with Crippen LogP contribution in [0.2, 0.25) is 4.34 Å². The number of benzene rings is 1. The zero-order valence-corrected chi connectivity index (χ0v) is 20.7. The Bertz CT molecular complexity index is 977. The number of rotatable bonds is 8. The molecular formula is C21H24ClIN4O3S. The fourth-order valence-corrected chi connectivity index (χ4v) is 3.65. The van der Waals surface area contributed by atoms with Crippen LogP contribution in [0, 0.1) is 0 Å². The molecule has 31 heavy (non-hydrogen) atoms. The molecule has 3 aromatic rings. The summed E-state index contributed by atoms with van der Waals surface area (Å²) in [6.07, 6.45) is 0.795. The molecule has 2 heterocycles. The minimum absolute atomic E-state index is 0. The summed E-state index contributed by atoms with van der Waals surface area (Å²) < 4.78 is 5.73. The van der Waals surface area contributed by atoms with E-state index >= 15 is 0 Å². The van der Waals surface area contributed by atoms with Gasteiger partial charge in [-0.05, 0) is 48.9 Å². The Labute approximate surface area is 206 Å². The minimum atomic E-state index is -0.664. The van der Waals surface area contributed by atoms with Crippen LogP contribution in [0.5, 0.6) is 0 Å². The fourth-order valence-electron chi connectivity index (χ4n) is 2.61. The smallest absolute Gasteiger partial charge is 0.291 e. The summed E-state index contributed by atoms with van der Waals surface area (Å²) in [5.74, 6) is 0.571. The number of nitrogens with one attached hydrogen (secondary N) is 3. The third kappa shape index (κ3) is 7.84. The molecule has 0 aliphatic rings. The van der Waals surface area contributed by atoms with Gasteiger partial charge >= 0.3 is 0 Å². The van der Waals surface area contributed by atoms with Crippen molar-refractivity contribution < 1.29 is 14.3 Å². The third-order valence-corrected chi connectivity index (χ3v) is 5.44. The van der Waals surface area contributed by atoms with Crippen molar-refractivity contribution in [2.45, 2.75) is 19.6 Å². The quantitative estimate of drug-likeness (QED) is 0.178. The van der Waals surface area contributed by atoms with Crippen molar-refractivity contribution in [1.29, 1.82) is 0 Å². The number of furan rings is 1. The maximum atomic E-state index is 12.0. The molecule has 1 aromatic carbocycles. The molecule has 1 unspecified atom stereocenters. The number of aliphatic imine (C=N–C) groups is 1. The largest absolute Gasteiger partial charge is 0.459 e. The highest BCUT2D eigenvalue weighted by molar-refractivity contribution is 14.0. The number of hydrogen-bond acceptors (Lipinski definition) is 5. The van der Waals surface area contributed by atoms with E-state index in [1.54, 1.807) is 18.2 Å². The van der Waals surface area contributed by atoms with E-state index in [1.807, 2.05) is 37.3 Å². The number of halogens is 2. The highest BCUT2D eigenvalue weighted by atomic mass is 127. The average molecular weight is 575 g/mol. The summed E-state index contributed by atoms with van der Waals surface area (Å²) in [7, 11) is 0. The molecule has 0 aliphatic heterocycles. The molecule has 0 saturated heterocycles. The second-order valence-electron chi connectivity index (χ2n) is 6.36. The summed E-state index contributed by atoms with van der Waals surface area (Å²) in [6, 6.07) is 14.3. The van der Waals surface area contributed by atoms with Crippen molar-refractivity contribution >= 4 is 64.5 Å². The molecule has 0 spiro atoms. The van der Waals surface area contributed by atoms with Gasteiger partial charge in [0.15, 0.2) is 11.7 Å². The fraction of sp³-hybridized carbons (Fsp3) is 0.238. The van der Waals surface area contributed by atoms with Crippen molar-refractivity contribution in [3.63, 3.8) is 0 Å². The maximum Gasteiger partial charge on any atom is 0.291 e. The molecule has 0 radical (unpaired) electrons. The Hall–Kier alpha value is -2.08. The first-order valence-electron chi connectivity index (χ1n) is 9.44. The van der Waals surface area contributed by atoms with Crippen LogP contribution in [0.25, 0.3) is 0 Å². The van der Waals surface area contributed by atoms with Crippen LogP contribution in [-0.4, -0.2) is 30.1 Å². The maximum absolute atomic E-state index is 12.0. The molecule has 7 nitrogen and oxygen atoms in total. The van der Waals surface area contributed by atoms with Crippen LogP contribution >= 0.6 is 46.9 Å². The molecule has 3 rings (SSSR count). The van der Waals surface area contributed by atoms with Crippen LogP contribution in [0.1, 0.15) is 34.0 Å². The first-order valence-corrected chi connectivity index (χ1v) is 10.6. The highest BCUT2D eigenvalue weighted by Crippen LogP contribution is 2.26. The molecule has 4 N–H and O–H groups in total. The van der Waals surface area contributed by atoms with Gasteiger partial charge in [0, 0.05) is 23.7 Å². The number of nitrogens with zero attached hydrogens (tertiary/aromatic N) is 1. The predicted molar refractivity (Wildman–Crippen MR) is 136 cm³/mol. The van der Waals surface area contributed by atoms with E-state index in [4.69, 9.17) is 16.0 Å². The molecule has 2 aromatic heterocycles. The number of carbonyl (C=O) groups excluding carboxylic acids is 1. The normalized spacial score (nSPS) is 12.0. The summed E-state index contributed by atoms with van der Waals surface area (Å²) >= 11 is 7.28. The van der Waals surface area contributed by atoms with Crippen molar-refractivity contribution in [2.75, 3.05) is 18.4 Å². The van der Waals surface area contributed by atoms with Gasteiger partial charge in [0.25, 0.3) is 5.91 Å². The Morgan fingerprint density at radius 3 is 2.58 bits per heavy atom. The van der Waals surface area contributed by atoms with Gasteiger partial charge in [-0.25, -0.2) is 4.99 Å². The molecule has 1 atom stereocenters. The summed E-state index contributed by atoms with van der Waals surface area (Å²) in [6.45, 7) is 3.44. The lowest BCUT2D eigenvalue weighted by Crippen LogP contribution is -2.39. The molecule has 10 heteroatoms. The topological polar surface area (TPSA) is 98.9 Å². The van der Waals surface area contributed by atoms with Crippen LogP contribution in [0.4, 0.5) is 5.69 Å². The first kappa shape index (κ1) is 25.2. The number of anilines is 1. The molecule has 166 valence electrons. The third-order valence-electron chi connectivity index (χ3n) is 4.11. The molecule has 0 bridgehead atoms. The van der Waals surface area contributed by atoms with Gasteiger partial charge in [-0.2, -0.15) is 0 Å². The standard InChI is InChI=1S/C21H23ClN4O3S.HI/c1-2-23-21(25-13-16(27)18-9-10-19(22)30-18)24-12-14-5-7-15(8-6-14)26-20(28)17-4-3-11-29-17;/h3-11,16,27H,2,12-13H2,1H3,(H,26,28)(H2,23,24,25);1H. The Kier molecular flexibility index (Phi) is 10.3. The second-order valence-corrected chi connectivity index (χ2v) is 8.11. The van der Waals surface area contributed by atoms with Gasteiger partial charge in [-0.15, -0.1) is 35.3 Å². The zero-order valence-electron chi connectivity index (χ0n) is 16.8. The van der Waals surface area contributed by atoms with Crippen LogP contribution in [-0.2, 0) is 6.54 Å². The molecule has 0 saturated carbocycles. The van der Waals surface area contributed by atoms with Crippen LogP contribution < -0.4 is 16.0 Å². The van der Waals surface area contributed by atoms with Crippen LogP contribution in [0.15, 0.2) is 64.2 Å². The SMILES string of the molecule is CCNC(=NCc1ccc(NC(=O)c2ccco2)cc1)NCC(O)c1ccc(Cl)s1.I. The first-order chi connectivity index (χ1) is 14.5. The number of thiophene rings is 1. The van der Waals surface area contributed by atoms with E-state index in [2.05, 4.69) is 20.9 Å². The van der Waals surface area contributed by atoms with E-state index in [0.29, 0.717) is 35.6 Å². The lowest BCUT2D eigenvalue weighted by Gasteiger charge is -2.14. The lowest BCUT2D eigenvalue weighted by molar-refractivity contribution is 0.0996. The molecule has 0 aliphatic carbocycles. The predicted octanol–water partition coefficient (Wildman–Crippen LogP) is 4.65. The van der Waals surface area contributed by atoms with E-state index in [0.717, 1.165) is 10.4 Å². The van der Waals surface area contributed by atoms with E-state index in [1.165, 1.54) is 17.6 Å². The number of hydrogen-bond donors (Lipinski definition) is 4. The van der Waals surface area contributed by atoms with E-state index in [-0.39, 0.29) is 35.6 Å². The minimum Gasteiger partial charge on any atom is -0.459 e. The second kappa shape index (κ2) is 12.7. The highest BCUT2D eigenvalue weighted by Gasteiger charge is 2.11. The number of aliphatic hydroxyl groups excluding tert-OH is 1. The summed E-state index contributed by atoms with van der Waals surface area (Å²) in [5.41, 5.74) is 1.65. The summed E-state index contributed by atoms with van der Waals surface area (Å²) in [4.78, 5) is 17.4. The molecule has 0 fully saturated rings. The van der Waals surface area contributed by atoms with Gasteiger partial charge in [-0.1, -0.05) is 23.7 Å². The number of amides is 1. The number of guanidine groups is 1. The average Bonchev–Trinajstić information content (AvgIpc) is 3.43. The zero-order chi connectivity index (χ0) is 21.3. The van der Waals surface area contributed by atoms with Gasteiger partial charge in [0.05, 0.1) is 17.1 Å². The summed E-state index contributed by atoms with van der Waals surface area (Å²) in [5, 5.41) is 19.3.